The Morgan fingerprint density at radius 3 is 2.38 bits per heavy atom. The highest BCUT2D eigenvalue weighted by atomic mass is 32.2. The first kappa shape index (κ1) is 14.6. The summed E-state index contributed by atoms with van der Waals surface area (Å²) in [5.41, 5.74) is 1.35. The lowest BCUT2D eigenvalue weighted by atomic mass is 9.79. The zero-order valence-electron chi connectivity index (χ0n) is 12.1. The average molecular weight is 308 g/mol. The molecule has 114 valence electrons. The van der Waals surface area contributed by atoms with Crippen LogP contribution < -0.4 is 0 Å². The quantitative estimate of drug-likeness (QED) is 0.907. The molecule has 0 spiro atoms. The van der Waals surface area contributed by atoms with Gasteiger partial charge in [0, 0.05) is 0 Å². The van der Waals surface area contributed by atoms with Crippen LogP contribution in [0.2, 0.25) is 0 Å². The molecule has 0 saturated heterocycles. The first-order valence-corrected chi connectivity index (χ1v) is 9.15. The number of carboxylic acids is 1. The molecule has 4 nitrogen and oxygen atoms in total. The summed E-state index contributed by atoms with van der Waals surface area (Å²) in [5.74, 6) is -0.362. The minimum Gasteiger partial charge on any atom is -0.478 e. The van der Waals surface area contributed by atoms with Crippen molar-refractivity contribution in [3.63, 3.8) is 0 Å². The van der Waals surface area contributed by atoms with Crippen molar-refractivity contribution in [2.45, 2.75) is 49.8 Å². The molecule has 3 rings (SSSR count). The molecular formula is C16H20O4S. The SMILES string of the molecule is Cc1c(C(=O)O)ccc(C2CCC2)c1S(=O)(=O)CC1CC1. The van der Waals surface area contributed by atoms with E-state index < -0.39 is 15.8 Å². The minimum absolute atomic E-state index is 0.104. The van der Waals surface area contributed by atoms with E-state index in [0.29, 0.717) is 10.5 Å². The zero-order valence-corrected chi connectivity index (χ0v) is 12.9. The Hall–Kier alpha value is -1.36. The topological polar surface area (TPSA) is 71.4 Å². The van der Waals surface area contributed by atoms with Crippen LogP contribution in [0.15, 0.2) is 17.0 Å². The van der Waals surface area contributed by atoms with Crippen LogP contribution in [-0.2, 0) is 9.84 Å². The molecule has 5 heteroatoms. The van der Waals surface area contributed by atoms with Gasteiger partial charge in [-0.05, 0) is 61.6 Å². The third-order valence-electron chi connectivity index (χ3n) is 4.67. The molecule has 21 heavy (non-hydrogen) atoms. The van der Waals surface area contributed by atoms with Crippen molar-refractivity contribution in [3.05, 3.63) is 28.8 Å². The summed E-state index contributed by atoms with van der Waals surface area (Å²) in [7, 11) is -3.40. The maximum Gasteiger partial charge on any atom is 0.335 e. The highest BCUT2D eigenvalue weighted by Crippen LogP contribution is 2.42. The molecule has 2 aliphatic carbocycles. The first-order valence-electron chi connectivity index (χ1n) is 7.49. The van der Waals surface area contributed by atoms with Gasteiger partial charge in [-0.1, -0.05) is 12.5 Å². The van der Waals surface area contributed by atoms with Gasteiger partial charge in [-0.2, -0.15) is 0 Å². The van der Waals surface area contributed by atoms with Gasteiger partial charge in [0.05, 0.1) is 16.2 Å². The maximum atomic E-state index is 12.8. The predicted octanol–water partition coefficient (Wildman–Crippen LogP) is 3.14. The molecule has 1 N–H and O–H groups in total. The van der Waals surface area contributed by atoms with Gasteiger partial charge in [-0.25, -0.2) is 13.2 Å². The van der Waals surface area contributed by atoms with Crippen LogP contribution in [0.25, 0.3) is 0 Å². The van der Waals surface area contributed by atoms with Crippen LogP contribution in [-0.4, -0.2) is 25.2 Å². The minimum atomic E-state index is -3.40. The third-order valence-corrected chi connectivity index (χ3v) is 6.75. The number of rotatable bonds is 5. The highest BCUT2D eigenvalue weighted by molar-refractivity contribution is 7.91. The van der Waals surface area contributed by atoms with E-state index in [1.807, 2.05) is 0 Å². The summed E-state index contributed by atoms with van der Waals surface area (Å²) < 4.78 is 25.5. The van der Waals surface area contributed by atoms with E-state index in [4.69, 9.17) is 0 Å². The Morgan fingerprint density at radius 2 is 1.90 bits per heavy atom. The second-order valence-corrected chi connectivity index (χ2v) is 8.29. The van der Waals surface area contributed by atoms with Crippen molar-refractivity contribution in [3.8, 4) is 0 Å². The largest absolute Gasteiger partial charge is 0.478 e. The van der Waals surface area contributed by atoms with Crippen LogP contribution in [0.5, 0.6) is 0 Å². The predicted molar refractivity (Wildman–Crippen MR) is 79.5 cm³/mol. The summed E-state index contributed by atoms with van der Waals surface area (Å²) in [5, 5.41) is 9.26. The van der Waals surface area contributed by atoms with E-state index in [1.54, 1.807) is 19.1 Å². The van der Waals surface area contributed by atoms with Gasteiger partial charge in [-0.3, -0.25) is 0 Å². The van der Waals surface area contributed by atoms with Crippen LogP contribution in [0.3, 0.4) is 0 Å². The number of sulfone groups is 1. The molecule has 0 bridgehead atoms. The smallest absolute Gasteiger partial charge is 0.335 e. The lowest BCUT2D eigenvalue weighted by Crippen LogP contribution is -2.19. The van der Waals surface area contributed by atoms with E-state index in [0.717, 1.165) is 37.7 Å². The molecule has 0 amide bonds. The van der Waals surface area contributed by atoms with Gasteiger partial charge >= 0.3 is 5.97 Å². The van der Waals surface area contributed by atoms with E-state index >= 15 is 0 Å². The molecule has 2 aliphatic rings. The number of hydrogen-bond acceptors (Lipinski definition) is 3. The molecular weight excluding hydrogens is 288 g/mol. The monoisotopic (exact) mass is 308 g/mol. The third kappa shape index (κ3) is 2.71. The fourth-order valence-electron chi connectivity index (χ4n) is 3.08. The van der Waals surface area contributed by atoms with Crippen molar-refractivity contribution in [2.24, 2.45) is 5.92 Å². The fraction of sp³-hybridized carbons (Fsp3) is 0.562. The van der Waals surface area contributed by atoms with E-state index in [9.17, 15) is 18.3 Å². The van der Waals surface area contributed by atoms with E-state index in [1.165, 1.54) is 0 Å². The molecule has 0 radical (unpaired) electrons. The van der Waals surface area contributed by atoms with Gasteiger partial charge in [0.2, 0.25) is 0 Å². The fourth-order valence-corrected chi connectivity index (χ4v) is 5.37. The van der Waals surface area contributed by atoms with Crippen molar-refractivity contribution in [1.29, 1.82) is 0 Å². The molecule has 2 saturated carbocycles. The van der Waals surface area contributed by atoms with E-state index in [-0.39, 0.29) is 23.2 Å². The Kier molecular flexibility index (Phi) is 3.56. The standard InChI is InChI=1S/C16H20O4S/c1-10-13(16(17)18)7-8-14(12-3-2-4-12)15(10)21(19,20)9-11-5-6-11/h7-8,11-12H,2-6,9H2,1H3,(H,17,18). The highest BCUT2D eigenvalue weighted by Gasteiger charge is 2.34. The maximum absolute atomic E-state index is 12.8. The van der Waals surface area contributed by atoms with Gasteiger partial charge in [0.15, 0.2) is 9.84 Å². The summed E-state index contributed by atoms with van der Waals surface area (Å²) in [4.78, 5) is 11.6. The van der Waals surface area contributed by atoms with Crippen molar-refractivity contribution < 1.29 is 18.3 Å². The Labute approximate surface area is 125 Å². The Bertz CT molecular complexity index is 682. The summed E-state index contributed by atoms with van der Waals surface area (Å²) in [6.45, 7) is 1.63. The van der Waals surface area contributed by atoms with Crippen molar-refractivity contribution >= 4 is 15.8 Å². The molecule has 1 aromatic carbocycles. The van der Waals surface area contributed by atoms with Crippen LogP contribution in [0, 0.1) is 12.8 Å². The summed E-state index contributed by atoms with van der Waals surface area (Å²) >= 11 is 0. The Balaban J connectivity index is 2.13. The molecule has 0 aromatic heterocycles. The molecule has 0 atom stereocenters. The number of benzene rings is 1. The van der Waals surface area contributed by atoms with Gasteiger partial charge in [0.1, 0.15) is 0 Å². The number of carbonyl (C=O) groups is 1. The van der Waals surface area contributed by atoms with Gasteiger partial charge in [-0.15, -0.1) is 0 Å². The van der Waals surface area contributed by atoms with Crippen molar-refractivity contribution in [2.75, 3.05) is 5.75 Å². The van der Waals surface area contributed by atoms with Crippen LogP contribution >= 0.6 is 0 Å². The number of hydrogen-bond donors (Lipinski definition) is 1. The number of aromatic carboxylic acids is 1. The second-order valence-electron chi connectivity index (χ2n) is 6.31. The molecule has 2 fully saturated rings. The van der Waals surface area contributed by atoms with E-state index in [2.05, 4.69) is 0 Å². The zero-order chi connectivity index (χ0) is 15.2. The number of carboxylic acid groups (broad SMARTS) is 1. The van der Waals surface area contributed by atoms with Gasteiger partial charge in [0.25, 0.3) is 0 Å². The lowest BCUT2D eigenvalue weighted by Gasteiger charge is -2.29. The second kappa shape index (κ2) is 5.13. The molecule has 1 aromatic rings. The lowest BCUT2D eigenvalue weighted by molar-refractivity contribution is 0.0695. The molecule has 0 unspecified atom stereocenters. The molecule has 0 aliphatic heterocycles. The summed E-state index contributed by atoms with van der Waals surface area (Å²) in [6, 6.07) is 3.28. The van der Waals surface area contributed by atoms with Gasteiger partial charge < -0.3 is 5.11 Å². The van der Waals surface area contributed by atoms with Crippen molar-refractivity contribution in [1.82, 2.24) is 0 Å². The summed E-state index contributed by atoms with van der Waals surface area (Å²) in [6.07, 6.45) is 5.05. The van der Waals surface area contributed by atoms with Crippen LogP contribution in [0.1, 0.15) is 59.5 Å². The molecule has 0 heterocycles. The van der Waals surface area contributed by atoms with Crippen LogP contribution in [0.4, 0.5) is 0 Å². The Morgan fingerprint density at radius 1 is 1.24 bits per heavy atom. The average Bonchev–Trinajstić information content (AvgIpc) is 3.09. The normalized spacial score (nSPS) is 19.3. The first-order chi connectivity index (χ1) is 9.90.